The number of carbonyl (C=O) groups is 1. The largest absolute Gasteiger partial charge is 0.393 e. The van der Waals surface area contributed by atoms with Crippen molar-refractivity contribution in [2.45, 2.75) is 62.7 Å². The molecule has 4 heteroatoms. The number of rotatable bonds is 3. The van der Waals surface area contributed by atoms with E-state index in [1.165, 1.54) is 16.3 Å². The Hall–Kier alpha value is -1.91. The predicted octanol–water partition coefficient (Wildman–Crippen LogP) is 3.56. The van der Waals surface area contributed by atoms with Gasteiger partial charge in [-0.2, -0.15) is 0 Å². The van der Waals surface area contributed by atoms with Gasteiger partial charge in [-0.05, 0) is 54.9 Å². The lowest BCUT2D eigenvalue weighted by molar-refractivity contribution is -0.139. The van der Waals surface area contributed by atoms with E-state index < -0.39 is 5.60 Å². The maximum Gasteiger partial charge on any atom is 0.225 e. The van der Waals surface area contributed by atoms with Gasteiger partial charge in [-0.1, -0.05) is 42.5 Å². The van der Waals surface area contributed by atoms with E-state index in [4.69, 9.17) is 0 Å². The van der Waals surface area contributed by atoms with Gasteiger partial charge in [0.05, 0.1) is 24.2 Å². The van der Waals surface area contributed by atoms with Crippen LogP contribution in [-0.4, -0.2) is 39.3 Å². The van der Waals surface area contributed by atoms with E-state index >= 15 is 0 Å². The van der Waals surface area contributed by atoms with Crippen LogP contribution in [0.5, 0.6) is 0 Å². The summed E-state index contributed by atoms with van der Waals surface area (Å²) in [5, 5.41) is 22.9. The van der Waals surface area contributed by atoms with Gasteiger partial charge in [0.15, 0.2) is 0 Å². The molecule has 4 rings (SSSR count). The maximum absolute atomic E-state index is 13.0. The number of benzene rings is 2. The van der Waals surface area contributed by atoms with Crippen molar-refractivity contribution in [1.82, 2.24) is 4.90 Å². The lowest BCUT2D eigenvalue weighted by Crippen LogP contribution is -2.42. The first-order valence-corrected chi connectivity index (χ1v) is 9.73. The van der Waals surface area contributed by atoms with Crippen LogP contribution in [0.4, 0.5) is 0 Å². The molecule has 138 valence electrons. The Morgan fingerprint density at radius 1 is 1.08 bits per heavy atom. The van der Waals surface area contributed by atoms with Gasteiger partial charge in [0.25, 0.3) is 0 Å². The summed E-state index contributed by atoms with van der Waals surface area (Å²) in [6.07, 6.45) is 3.97. The quantitative estimate of drug-likeness (QED) is 0.887. The first-order valence-electron chi connectivity index (χ1n) is 9.73. The summed E-state index contributed by atoms with van der Waals surface area (Å²) in [7, 11) is 0. The van der Waals surface area contributed by atoms with Crippen molar-refractivity contribution in [3.05, 3.63) is 48.0 Å². The van der Waals surface area contributed by atoms with E-state index in [0.29, 0.717) is 25.7 Å². The number of likely N-dealkylation sites (tertiary alicyclic amines) is 1. The van der Waals surface area contributed by atoms with Gasteiger partial charge in [0.2, 0.25) is 5.91 Å². The molecule has 1 heterocycles. The third kappa shape index (κ3) is 3.36. The molecule has 0 aromatic heterocycles. The number of hydrogen-bond donors (Lipinski definition) is 2. The monoisotopic (exact) mass is 353 g/mol. The average Bonchev–Trinajstić information content (AvgIpc) is 3.14. The molecule has 1 saturated carbocycles. The van der Waals surface area contributed by atoms with Crippen LogP contribution in [0.3, 0.4) is 0 Å². The predicted molar refractivity (Wildman–Crippen MR) is 102 cm³/mol. The van der Waals surface area contributed by atoms with E-state index in [2.05, 4.69) is 30.3 Å². The first-order chi connectivity index (χ1) is 12.6. The van der Waals surface area contributed by atoms with E-state index in [-0.39, 0.29) is 24.5 Å². The number of carbonyl (C=O) groups excluding carboxylic acids is 1. The maximum atomic E-state index is 13.0. The molecule has 2 aromatic carbocycles. The van der Waals surface area contributed by atoms with Crippen LogP contribution in [0.2, 0.25) is 0 Å². The molecule has 1 saturated heterocycles. The third-order valence-electron chi connectivity index (χ3n) is 6.12. The molecule has 4 nitrogen and oxygen atoms in total. The Balaban J connectivity index is 1.55. The molecular formula is C22H27NO3. The number of fused-ring (bicyclic) bond motifs is 1. The molecule has 2 aromatic rings. The van der Waals surface area contributed by atoms with E-state index in [9.17, 15) is 15.0 Å². The second-order valence-corrected chi connectivity index (χ2v) is 7.95. The van der Waals surface area contributed by atoms with Gasteiger partial charge in [-0.15, -0.1) is 0 Å². The summed E-state index contributed by atoms with van der Waals surface area (Å²) >= 11 is 0. The highest BCUT2D eigenvalue weighted by molar-refractivity contribution is 5.87. The average molecular weight is 353 g/mol. The first kappa shape index (κ1) is 17.5. The number of nitrogens with zero attached hydrogens (tertiary/aromatic N) is 1. The van der Waals surface area contributed by atoms with Crippen molar-refractivity contribution in [2.24, 2.45) is 0 Å². The van der Waals surface area contributed by atoms with Gasteiger partial charge < -0.3 is 15.1 Å². The molecule has 2 fully saturated rings. The molecule has 1 atom stereocenters. The summed E-state index contributed by atoms with van der Waals surface area (Å²) in [5.74, 6) is 0.0410. The van der Waals surface area contributed by atoms with Crippen molar-refractivity contribution in [3.8, 4) is 0 Å². The van der Waals surface area contributed by atoms with Crippen molar-refractivity contribution < 1.29 is 15.0 Å². The second kappa shape index (κ2) is 7.01. The zero-order chi connectivity index (χ0) is 18.1. The Kier molecular flexibility index (Phi) is 4.72. The Morgan fingerprint density at radius 2 is 1.81 bits per heavy atom. The van der Waals surface area contributed by atoms with Crippen molar-refractivity contribution in [3.63, 3.8) is 0 Å². The standard InChI is InChI=1S/C22H27NO3/c24-17-10-12-22(26,13-11-17)15-21(25)23-14-4-9-20(23)19-8-3-6-16-5-1-2-7-18(16)19/h1-3,5-8,17,20,24,26H,4,9-15H2. The minimum absolute atomic E-state index is 0.0410. The van der Waals surface area contributed by atoms with Crippen molar-refractivity contribution in [1.29, 1.82) is 0 Å². The molecule has 2 N–H and O–H groups in total. The van der Waals surface area contributed by atoms with Gasteiger partial charge in [0, 0.05) is 6.54 Å². The van der Waals surface area contributed by atoms with E-state index in [0.717, 1.165) is 19.4 Å². The van der Waals surface area contributed by atoms with Crippen molar-refractivity contribution in [2.75, 3.05) is 6.54 Å². The molecule has 0 radical (unpaired) electrons. The van der Waals surface area contributed by atoms with E-state index in [1.54, 1.807) is 0 Å². The lowest BCUT2D eigenvalue weighted by atomic mass is 9.81. The normalized spacial score (nSPS) is 29.2. The Morgan fingerprint density at radius 3 is 2.62 bits per heavy atom. The van der Waals surface area contributed by atoms with Crippen LogP contribution in [0.1, 0.15) is 56.6 Å². The summed E-state index contributed by atoms with van der Waals surface area (Å²) in [5.41, 5.74) is 0.252. The molecule has 0 spiro atoms. The lowest BCUT2D eigenvalue weighted by Gasteiger charge is -2.36. The smallest absolute Gasteiger partial charge is 0.225 e. The molecule has 26 heavy (non-hydrogen) atoms. The fraction of sp³-hybridized carbons (Fsp3) is 0.500. The topological polar surface area (TPSA) is 60.8 Å². The second-order valence-electron chi connectivity index (χ2n) is 7.95. The zero-order valence-corrected chi connectivity index (χ0v) is 15.1. The Labute approximate surface area is 154 Å². The molecule has 1 aliphatic carbocycles. The molecule has 1 aliphatic heterocycles. The highest BCUT2D eigenvalue weighted by Gasteiger charge is 2.38. The fourth-order valence-electron chi connectivity index (χ4n) is 4.63. The SMILES string of the molecule is O=C(CC1(O)CCC(O)CC1)N1CCCC1c1cccc2ccccc12. The minimum atomic E-state index is -0.956. The fourth-order valence-corrected chi connectivity index (χ4v) is 4.63. The molecule has 0 bridgehead atoms. The van der Waals surface area contributed by atoms with E-state index in [1.807, 2.05) is 17.0 Å². The van der Waals surface area contributed by atoms with Crippen LogP contribution < -0.4 is 0 Å². The van der Waals surface area contributed by atoms with Crippen LogP contribution in [0.25, 0.3) is 10.8 Å². The summed E-state index contributed by atoms with van der Waals surface area (Å²) in [4.78, 5) is 15.0. The zero-order valence-electron chi connectivity index (χ0n) is 15.1. The van der Waals surface area contributed by atoms with Crippen molar-refractivity contribution >= 4 is 16.7 Å². The molecular weight excluding hydrogens is 326 g/mol. The number of hydrogen-bond acceptors (Lipinski definition) is 3. The summed E-state index contributed by atoms with van der Waals surface area (Å²) in [6, 6.07) is 14.7. The van der Waals surface area contributed by atoms with Crippen LogP contribution >= 0.6 is 0 Å². The third-order valence-corrected chi connectivity index (χ3v) is 6.12. The Bertz CT molecular complexity index is 790. The molecule has 1 amide bonds. The van der Waals surface area contributed by atoms with Crippen LogP contribution in [0, 0.1) is 0 Å². The van der Waals surface area contributed by atoms with Crippen LogP contribution in [-0.2, 0) is 4.79 Å². The highest BCUT2D eigenvalue weighted by atomic mass is 16.3. The van der Waals surface area contributed by atoms with Crippen LogP contribution in [0.15, 0.2) is 42.5 Å². The molecule has 2 aliphatic rings. The van der Waals surface area contributed by atoms with Gasteiger partial charge in [-0.3, -0.25) is 4.79 Å². The summed E-state index contributed by atoms with van der Waals surface area (Å²) < 4.78 is 0. The van der Waals surface area contributed by atoms with Gasteiger partial charge >= 0.3 is 0 Å². The minimum Gasteiger partial charge on any atom is -0.393 e. The van der Waals surface area contributed by atoms with Gasteiger partial charge in [0.1, 0.15) is 0 Å². The summed E-state index contributed by atoms with van der Waals surface area (Å²) in [6.45, 7) is 0.755. The van der Waals surface area contributed by atoms with Gasteiger partial charge in [-0.25, -0.2) is 0 Å². The number of aliphatic hydroxyl groups is 2. The number of amides is 1. The number of aliphatic hydroxyl groups excluding tert-OH is 1. The highest BCUT2D eigenvalue weighted by Crippen LogP contribution is 2.38. The molecule has 1 unspecified atom stereocenters.